The lowest BCUT2D eigenvalue weighted by atomic mass is 10.1. The maximum absolute atomic E-state index is 10.8. The van der Waals surface area contributed by atoms with Crippen LogP contribution < -0.4 is 15.4 Å². The van der Waals surface area contributed by atoms with E-state index in [1.807, 2.05) is 30.3 Å². The highest BCUT2D eigenvalue weighted by Crippen LogP contribution is 2.24. The number of hydrogen-bond donors (Lipinski definition) is 3. The van der Waals surface area contributed by atoms with Crippen molar-refractivity contribution in [3.8, 4) is 17.1 Å². The lowest BCUT2D eigenvalue weighted by Gasteiger charge is -2.06. The van der Waals surface area contributed by atoms with Gasteiger partial charge >= 0.3 is 0 Å². The van der Waals surface area contributed by atoms with Gasteiger partial charge in [0.15, 0.2) is 0 Å². The minimum atomic E-state index is -0.00897. The van der Waals surface area contributed by atoms with Gasteiger partial charge in [-0.2, -0.15) is 0 Å². The summed E-state index contributed by atoms with van der Waals surface area (Å²) in [4.78, 5) is 18.8. The molecule has 2 aromatic carbocycles. The minimum Gasteiger partial charge on any atom is -0.497 e. The molecule has 6 heteroatoms. The van der Waals surface area contributed by atoms with Crippen molar-refractivity contribution in [2.24, 2.45) is 0 Å². The summed E-state index contributed by atoms with van der Waals surface area (Å²) in [7, 11) is 1.65. The van der Waals surface area contributed by atoms with Crippen LogP contribution in [0.3, 0.4) is 0 Å². The van der Waals surface area contributed by atoms with Crippen LogP contribution in [-0.2, 0) is 11.3 Å². The van der Waals surface area contributed by atoms with E-state index in [0.29, 0.717) is 6.54 Å². The molecule has 0 aliphatic carbocycles. The van der Waals surface area contributed by atoms with Gasteiger partial charge in [0.25, 0.3) is 0 Å². The predicted octanol–water partition coefficient (Wildman–Crippen LogP) is 2.46. The Morgan fingerprint density at radius 2 is 2.08 bits per heavy atom. The van der Waals surface area contributed by atoms with Crippen LogP contribution in [-0.4, -0.2) is 36.1 Å². The first-order chi connectivity index (χ1) is 12.2. The number of H-pyrrole nitrogens is 1. The highest BCUT2D eigenvalue weighted by Gasteiger charge is 2.07. The van der Waals surface area contributed by atoms with E-state index < -0.39 is 0 Å². The Bertz CT molecular complexity index is 873. The van der Waals surface area contributed by atoms with Crippen LogP contribution in [0.4, 0.5) is 0 Å². The van der Waals surface area contributed by atoms with E-state index in [1.54, 1.807) is 7.11 Å². The monoisotopic (exact) mass is 338 g/mol. The summed E-state index contributed by atoms with van der Waals surface area (Å²) in [5, 5.41) is 6.08. The number of rotatable bonds is 7. The van der Waals surface area contributed by atoms with Gasteiger partial charge in [0.2, 0.25) is 5.91 Å². The Hall–Kier alpha value is -2.86. The molecule has 3 N–H and O–H groups in total. The third-order valence-electron chi connectivity index (χ3n) is 3.89. The molecule has 0 radical (unpaired) electrons. The topological polar surface area (TPSA) is 79.0 Å². The zero-order valence-electron chi connectivity index (χ0n) is 14.4. The van der Waals surface area contributed by atoms with Gasteiger partial charge in [0.1, 0.15) is 11.6 Å². The number of nitrogens with one attached hydrogen (secondary N) is 3. The number of amides is 1. The van der Waals surface area contributed by atoms with Gasteiger partial charge in [-0.3, -0.25) is 4.79 Å². The Balaban J connectivity index is 1.69. The molecule has 0 atom stereocenters. The number of carbonyl (C=O) groups is 1. The second-order valence-corrected chi connectivity index (χ2v) is 5.83. The van der Waals surface area contributed by atoms with Crippen LogP contribution in [0.5, 0.6) is 5.75 Å². The van der Waals surface area contributed by atoms with Crippen molar-refractivity contribution in [2.75, 3.05) is 20.2 Å². The number of methoxy groups -OCH3 is 1. The predicted molar refractivity (Wildman–Crippen MR) is 98.5 cm³/mol. The van der Waals surface area contributed by atoms with Crippen molar-refractivity contribution in [2.45, 2.75) is 13.5 Å². The van der Waals surface area contributed by atoms with E-state index in [2.05, 4.69) is 32.7 Å². The Morgan fingerprint density at radius 1 is 1.20 bits per heavy atom. The van der Waals surface area contributed by atoms with Crippen LogP contribution in [0.1, 0.15) is 12.5 Å². The van der Waals surface area contributed by atoms with Gasteiger partial charge in [0, 0.05) is 38.2 Å². The number of benzene rings is 2. The average Bonchev–Trinajstić information content (AvgIpc) is 3.04. The first-order valence-electron chi connectivity index (χ1n) is 8.24. The molecule has 6 nitrogen and oxygen atoms in total. The number of nitrogens with zero attached hydrogens (tertiary/aromatic N) is 1. The van der Waals surface area contributed by atoms with Crippen LogP contribution in [0.2, 0.25) is 0 Å². The van der Waals surface area contributed by atoms with Crippen LogP contribution in [0.15, 0.2) is 42.5 Å². The van der Waals surface area contributed by atoms with Gasteiger partial charge in [-0.1, -0.05) is 18.2 Å². The number of carbonyl (C=O) groups excluding carboxylic acids is 1. The molecular weight excluding hydrogens is 316 g/mol. The fourth-order valence-electron chi connectivity index (χ4n) is 2.64. The SMILES string of the molecule is COc1ccc2nc(-c3cccc(CNCCNC(C)=O)c3)[nH]c2c1. The number of hydrogen-bond acceptors (Lipinski definition) is 4. The molecule has 1 heterocycles. The third-order valence-corrected chi connectivity index (χ3v) is 3.89. The summed E-state index contributed by atoms with van der Waals surface area (Å²) in [6.45, 7) is 3.61. The van der Waals surface area contributed by atoms with Gasteiger partial charge in [0.05, 0.1) is 18.1 Å². The Labute approximate surface area is 146 Å². The molecule has 0 aliphatic rings. The standard InChI is InChI=1S/C19H22N4O2/c1-13(24)21-9-8-20-12-14-4-3-5-15(10-14)19-22-17-7-6-16(25-2)11-18(17)23-19/h3-7,10-11,20H,8-9,12H2,1-2H3,(H,21,24)(H,22,23). The van der Waals surface area contributed by atoms with E-state index in [1.165, 1.54) is 12.5 Å². The maximum Gasteiger partial charge on any atom is 0.216 e. The lowest BCUT2D eigenvalue weighted by molar-refractivity contribution is -0.118. The van der Waals surface area contributed by atoms with Crippen molar-refractivity contribution in [1.82, 2.24) is 20.6 Å². The van der Waals surface area contributed by atoms with Crippen molar-refractivity contribution < 1.29 is 9.53 Å². The summed E-state index contributed by atoms with van der Waals surface area (Å²) in [6.07, 6.45) is 0. The summed E-state index contributed by atoms with van der Waals surface area (Å²) in [6, 6.07) is 14.0. The van der Waals surface area contributed by atoms with E-state index in [9.17, 15) is 4.79 Å². The fraction of sp³-hybridized carbons (Fsp3) is 0.263. The van der Waals surface area contributed by atoms with Crippen molar-refractivity contribution in [3.63, 3.8) is 0 Å². The normalized spacial score (nSPS) is 10.8. The van der Waals surface area contributed by atoms with Gasteiger partial charge in [-0.15, -0.1) is 0 Å². The second-order valence-electron chi connectivity index (χ2n) is 5.83. The van der Waals surface area contributed by atoms with Crippen molar-refractivity contribution >= 4 is 16.9 Å². The van der Waals surface area contributed by atoms with Gasteiger partial charge < -0.3 is 20.4 Å². The zero-order valence-corrected chi connectivity index (χ0v) is 14.4. The van der Waals surface area contributed by atoms with Crippen molar-refractivity contribution in [3.05, 3.63) is 48.0 Å². The summed E-state index contributed by atoms with van der Waals surface area (Å²) < 4.78 is 5.25. The van der Waals surface area contributed by atoms with Crippen LogP contribution >= 0.6 is 0 Å². The largest absolute Gasteiger partial charge is 0.497 e. The molecule has 130 valence electrons. The second kappa shape index (κ2) is 7.81. The molecular formula is C19H22N4O2. The Morgan fingerprint density at radius 3 is 2.88 bits per heavy atom. The van der Waals surface area contributed by atoms with Crippen LogP contribution in [0, 0.1) is 0 Å². The fourth-order valence-corrected chi connectivity index (χ4v) is 2.64. The van der Waals surface area contributed by atoms with E-state index in [0.717, 1.165) is 41.3 Å². The molecule has 0 bridgehead atoms. The molecule has 0 spiro atoms. The number of aromatic amines is 1. The smallest absolute Gasteiger partial charge is 0.216 e. The highest BCUT2D eigenvalue weighted by atomic mass is 16.5. The summed E-state index contributed by atoms with van der Waals surface area (Å²) in [5.74, 6) is 1.63. The minimum absolute atomic E-state index is 0.00897. The molecule has 1 amide bonds. The first kappa shape index (κ1) is 17.0. The molecule has 25 heavy (non-hydrogen) atoms. The van der Waals surface area contributed by atoms with Crippen molar-refractivity contribution in [1.29, 1.82) is 0 Å². The number of imidazole rings is 1. The molecule has 0 unspecified atom stereocenters. The third kappa shape index (κ3) is 4.36. The van der Waals surface area contributed by atoms with Crippen LogP contribution in [0.25, 0.3) is 22.4 Å². The van der Waals surface area contributed by atoms with E-state index in [4.69, 9.17) is 4.74 Å². The zero-order chi connectivity index (χ0) is 17.6. The molecule has 0 saturated heterocycles. The molecule has 0 saturated carbocycles. The molecule has 0 fully saturated rings. The highest BCUT2D eigenvalue weighted by molar-refractivity contribution is 5.80. The van der Waals surface area contributed by atoms with Gasteiger partial charge in [-0.25, -0.2) is 4.98 Å². The lowest BCUT2D eigenvalue weighted by Crippen LogP contribution is -2.29. The first-order valence-corrected chi connectivity index (χ1v) is 8.24. The molecule has 3 rings (SSSR count). The average molecular weight is 338 g/mol. The van der Waals surface area contributed by atoms with Gasteiger partial charge in [-0.05, 0) is 23.8 Å². The van der Waals surface area contributed by atoms with E-state index in [-0.39, 0.29) is 5.91 Å². The quantitative estimate of drug-likeness (QED) is 0.578. The van der Waals surface area contributed by atoms with E-state index >= 15 is 0 Å². The number of ether oxygens (including phenoxy) is 1. The summed E-state index contributed by atoms with van der Waals surface area (Å²) >= 11 is 0. The molecule has 1 aromatic heterocycles. The molecule has 3 aromatic rings. The molecule has 0 aliphatic heterocycles. The number of aromatic nitrogens is 2. The number of fused-ring (bicyclic) bond motifs is 1. The summed E-state index contributed by atoms with van der Waals surface area (Å²) in [5.41, 5.74) is 4.07. The Kier molecular flexibility index (Phi) is 5.30. The maximum atomic E-state index is 10.8.